The summed E-state index contributed by atoms with van der Waals surface area (Å²) in [5.74, 6) is 0. The molecule has 158 valence electrons. The summed E-state index contributed by atoms with van der Waals surface area (Å²) < 4.78 is 33.2. The van der Waals surface area contributed by atoms with Crippen LogP contribution < -0.4 is 10.4 Å². The van der Waals surface area contributed by atoms with E-state index in [9.17, 15) is 13.2 Å². The lowest BCUT2D eigenvalue weighted by atomic mass is 10.0. The molecule has 1 N–H and O–H groups in total. The number of cyclic esters (lactones) is 1. The molecule has 4 heterocycles. The van der Waals surface area contributed by atoms with Gasteiger partial charge in [-0.1, -0.05) is 11.6 Å². The largest absolute Gasteiger partial charge is 0.444 e. The van der Waals surface area contributed by atoms with E-state index in [0.717, 1.165) is 11.3 Å². The van der Waals surface area contributed by atoms with Gasteiger partial charge in [-0.05, 0) is 43.2 Å². The van der Waals surface area contributed by atoms with Crippen LogP contribution in [0.1, 0.15) is 18.4 Å². The maximum Gasteiger partial charge on any atom is 0.414 e. The van der Waals surface area contributed by atoms with Crippen LogP contribution in [0.4, 0.5) is 10.5 Å². The minimum absolute atomic E-state index is 0.156. The maximum atomic E-state index is 13.2. The van der Waals surface area contributed by atoms with Crippen molar-refractivity contribution < 1.29 is 22.9 Å². The molecule has 5 rings (SSSR count). The van der Waals surface area contributed by atoms with Crippen molar-refractivity contribution >= 4 is 33.4 Å². The number of carbonyl (C=O) groups is 1. The zero-order chi connectivity index (χ0) is 20.9. The van der Waals surface area contributed by atoms with Crippen LogP contribution >= 0.6 is 11.6 Å². The molecular weight excluding hydrogens is 432 g/mol. The van der Waals surface area contributed by atoms with E-state index < -0.39 is 16.1 Å². The fourth-order valence-corrected chi connectivity index (χ4v) is 5.92. The van der Waals surface area contributed by atoms with Crippen molar-refractivity contribution in [2.45, 2.75) is 25.5 Å². The second-order valence-electron chi connectivity index (χ2n) is 7.27. The van der Waals surface area contributed by atoms with Gasteiger partial charge in [-0.25, -0.2) is 23.8 Å². The number of hydrogen-bond donors (Lipinski definition) is 1. The number of fused-ring (bicyclic) bond motifs is 2. The van der Waals surface area contributed by atoms with Crippen LogP contribution in [0.15, 0.2) is 53.4 Å². The molecule has 1 aromatic carbocycles. The van der Waals surface area contributed by atoms with Gasteiger partial charge >= 0.3 is 6.09 Å². The molecule has 1 fully saturated rings. The number of anilines is 1. The monoisotopic (exact) mass is 450 g/mol. The summed E-state index contributed by atoms with van der Waals surface area (Å²) in [6.07, 6.45) is 6.89. The smallest absolute Gasteiger partial charge is 0.414 e. The second-order valence-corrected chi connectivity index (χ2v) is 9.61. The zero-order valence-electron chi connectivity index (χ0n) is 15.8. The fraction of sp³-hybridized carbons (Fsp3) is 0.316. The predicted molar refractivity (Wildman–Crippen MR) is 109 cm³/mol. The Balaban J connectivity index is 1.34. The molecule has 11 heteroatoms. The Morgan fingerprint density at radius 1 is 1.20 bits per heavy atom. The highest BCUT2D eigenvalue weighted by Crippen LogP contribution is 2.35. The Labute approximate surface area is 178 Å². The van der Waals surface area contributed by atoms with Crippen LogP contribution in [0.5, 0.6) is 0 Å². The molecule has 0 bridgehead atoms. The highest BCUT2D eigenvalue weighted by atomic mass is 35.5. The van der Waals surface area contributed by atoms with Crippen molar-refractivity contribution in [3.8, 4) is 0 Å². The molecule has 0 atom stereocenters. The Morgan fingerprint density at radius 2 is 2.00 bits per heavy atom. The summed E-state index contributed by atoms with van der Waals surface area (Å²) in [6, 6.07) is 5.19. The third-order valence-corrected chi connectivity index (χ3v) is 7.74. The highest BCUT2D eigenvalue weighted by molar-refractivity contribution is 7.93. The van der Waals surface area contributed by atoms with Gasteiger partial charge in [0.2, 0.25) is 10.0 Å². The van der Waals surface area contributed by atoms with Gasteiger partial charge in [0, 0.05) is 35.9 Å². The van der Waals surface area contributed by atoms with Gasteiger partial charge in [0.15, 0.2) is 0 Å². The van der Waals surface area contributed by atoms with Gasteiger partial charge in [0.05, 0.1) is 11.9 Å². The van der Waals surface area contributed by atoms with Crippen molar-refractivity contribution in [3.05, 3.63) is 63.9 Å². The molecule has 0 spiro atoms. The van der Waals surface area contributed by atoms with E-state index >= 15 is 0 Å². The minimum atomic E-state index is -3.71. The lowest BCUT2D eigenvalue weighted by Gasteiger charge is -2.40. The number of hydrogen-bond acceptors (Lipinski definition) is 7. The number of nitrogens with zero attached hydrogens (tertiary/aromatic N) is 3. The number of ether oxygens (including phenoxy) is 1. The Kier molecular flexibility index (Phi) is 4.73. The first-order chi connectivity index (χ1) is 14.4. The first kappa shape index (κ1) is 19.4. The molecule has 0 aliphatic carbocycles. The standard InChI is InChI=1S/C19H19ClN4O5S/c20-14-3-4-16-13(10-14)12-28-19(25)24(16)15-5-8-22(9-6-15)30(26,27)18-2-1-7-23-17(18)11-21-29-23/h1-4,7,10-11,15,21H,5-6,8-9,12H2. The number of amides is 1. The number of halogens is 1. The molecule has 30 heavy (non-hydrogen) atoms. The van der Waals surface area contributed by atoms with E-state index in [0.29, 0.717) is 36.7 Å². The number of rotatable bonds is 3. The average Bonchev–Trinajstić information content (AvgIpc) is 3.23. The predicted octanol–water partition coefficient (Wildman–Crippen LogP) is 2.60. The average molecular weight is 451 g/mol. The first-order valence-corrected chi connectivity index (χ1v) is 11.3. The molecule has 1 saturated heterocycles. The summed E-state index contributed by atoms with van der Waals surface area (Å²) in [5.41, 5.74) is 4.61. The third kappa shape index (κ3) is 3.16. The van der Waals surface area contributed by atoms with Gasteiger partial charge in [-0.15, -0.1) is 0 Å². The summed E-state index contributed by atoms with van der Waals surface area (Å²) in [6.45, 7) is 0.770. The van der Waals surface area contributed by atoms with Crippen molar-refractivity contribution in [2.24, 2.45) is 0 Å². The van der Waals surface area contributed by atoms with Crippen molar-refractivity contribution in [1.82, 2.24) is 14.8 Å². The fourth-order valence-electron chi connectivity index (χ4n) is 4.09. The van der Waals surface area contributed by atoms with Crippen LogP contribution in [0, 0.1) is 0 Å². The lowest BCUT2D eigenvalue weighted by molar-refractivity contribution is -0.112. The van der Waals surface area contributed by atoms with Gasteiger partial charge in [0.1, 0.15) is 17.2 Å². The third-order valence-electron chi connectivity index (χ3n) is 5.56. The van der Waals surface area contributed by atoms with E-state index in [1.807, 2.05) is 6.07 Å². The van der Waals surface area contributed by atoms with E-state index in [1.165, 1.54) is 15.6 Å². The van der Waals surface area contributed by atoms with Crippen LogP contribution in [0.3, 0.4) is 0 Å². The normalized spacial score (nSPS) is 22.1. The van der Waals surface area contributed by atoms with E-state index in [4.69, 9.17) is 21.3 Å². The van der Waals surface area contributed by atoms with Crippen molar-refractivity contribution in [2.75, 3.05) is 18.0 Å². The maximum absolute atomic E-state index is 13.2. The molecule has 1 aromatic rings. The molecule has 0 aromatic heterocycles. The Bertz CT molecular complexity index is 1090. The van der Waals surface area contributed by atoms with E-state index in [2.05, 4.69) is 5.48 Å². The number of sulfonamides is 1. The van der Waals surface area contributed by atoms with Gasteiger partial charge in [-0.2, -0.15) is 9.24 Å². The number of nitrogens with one attached hydrogen (secondary N) is 1. The molecule has 0 radical (unpaired) electrons. The SMILES string of the molecule is O=C1OCc2cc(Cl)ccc2N1C1CCN(S(=O)(=O)C2=CC=CN3ONC=C23)CC1. The number of allylic oxidation sites excluding steroid dienone is 2. The van der Waals surface area contributed by atoms with E-state index in [-0.39, 0.29) is 17.6 Å². The van der Waals surface area contributed by atoms with Crippen LogP contribution in [-0.4, -0.2) is 43.0 Å². The molecular formula is C19H19ClN4O5S. The number of hydroxylamine groups is 3. The Hall–Kier alpha value is -2.53. The Morgan fingerprint density at radius 3 is 2.80 bits per heavy atom. The molecule has 4 aliphatic heterocycles. The number of carbonyl (C=O) groups excluding carboxylic acids is 1. The van der Waals surface area contributed by atoms with Gasteiger partial charge in [-0.3, -0.25) is 4.90 Å². The number of piperidine rings is 1. The van der Waals surface area contributed by atoms with E-state index in [1.54, 1.807) is 35.4 Å². The van der Waals surface area contributed by atoms with Crippen molar-refractivity contribution in [3.63, 3.8) is 0 Å². The minimum Gasteiger partial charge on any atom is -0.444 e. The summed E-state index contributed by atoms with van der Waals surface area (Å²) in [7, 11) is -3.71. The van der Waals surface area contributed by atoms with Crippen LogP contribution in [0.2, 0.25) is 5.02 Å². The summed E-state index contributed by atoms with van der Waals surface area (Å²) >= 11 is 6.06. The van der Waals surface area contributed by atoms with Gasteiger partial charge < -0.3 is 4.74 Å². The second kappa shape index (κ2) is 7.31. The molecule has 1 amide bonds. The number of benzene rings is 1. The molecule has 9 nitrogen and oxygen atoms in total. The topological polar surface area (TPSA) is 91.4 Å². The first-order valence-electron chi connectivity index (χ1n) is 9.50. The highest BCUT2D eigenvalue weighted by Gasteiger charge is 2.39. The molecule has 0 unspecified atom stereocenters. The molecule has 4 aliphatic rings. The van der Waals surface area contributed by atoms with Crippen LogP contribution in [-0.2, 0) is 26.3 Å². The van der Waals surface area contributed by atoms with Crippen molar-refractivity contribution in [1.29, 1.82) is 0 Å². The summed E-state index contributed by atoms with van der Waals surface area (Å²) in [5, 5.41) is 1.95. The summed E-state index contributed by atoms with van der Waals surface area (Å²) in [4.78, 5) is 19.4. The van der Waals surface area contributed by atoms with Gasteiger partial charge in [0.25, 0.3) is 0 Å². The lowest BCUT2D eigenvalue weighted by Crippen LogP contribution is -2.50. The zero-order valence-corrected chi connectivity index (χ0v) is 17.4. The quantitative estimate of drug-likeness (QED) is 0.756. The molecule has 0 saturated carbocycles. The van der Waals surface area contributed by atoms with Crippen LogP contribution in [0.25, 0.3) is 0 Å².